The Morgan fingerprint density at radius 1 is 1.00 bits per heavy atom. The van der Waals surface area contributed by atoms with Crippen molar-refractivity contribution in [2.75, 3.05) is 62.8 Å². The predicted octanol–water partition coefficient (Wildman–Crippen LogP) is 5.51. The van der Waals surface area contributed by atoms with Gasteiger partial charge in [-0.25, -0.2) is 4.98 Å². The number of likely N-dealkylation sites (N-methyl/N-ethyl adjacent to an activating group) is 1. The number of alkyl halides is 3. The van der Waals surface area contributed by atoms with Crippen LogP contribution in [0.1, 0.15) is 29.5 Å². The molecule has 0 bridgehead atoms. The highest BCUT2D eigenvalue weighted by Crippen LogP contribution is 2.34. The minimum absolute atomic E-state index is 0.0685. The average molecular weight is 597 g/mol. The fourth-order valence-electron chi connectivity index (χ4n) is 4.75. The van der Waals surface area contributed by atoms with Crippen molar-refractivity contribution in [3.8, 4) is 11.1 Å². The minimum atomic E-state index is -4.31. The molecule has 3 aromatic rings. The first-order chi connectivity index (χ1) is 20.6. The molecule has 2 aromatic carbocycles. The summed E-state index contributed by atoms with van der Waals surface area (Å²) >= 11 is 0. The molecule has 1 aliphatic carbocycles. The SMILES string of the molecule is CNc1ccc(CN2CCN(C)CC2)c(C(F)(F)F)c1.Cc1cc(-c2ccc(NCC=O)cc2)cnc1NC(=O)C1CC1. The molecular weight excluding hydrogens is 557 g/mol. The van der Waals surface area contributed by atoms with Gasteiger partial charge in [-0.1, -0.05) is 18.2 Å². The molecule has 3 N–H and O–H groups in total. The Balaban J connectivity index is 0.000000199. The Kier molecular flexibility index (Phi) is 10.8. The highest BCUT2D eigenvalue weighted by Gasteiger charge is 2.34. The highest BCUT2D eigenvalue weighted by atomic mass is 19.4. The number of hydrogen-bond donors (Lipinski definition) is 3. The Labute approximate surface area is 250 Å². The smallest absolute Gasteiger partial charge is 0.388 e. The molecule has 0 radical (unpaired) electrons. The zero-order valence-corrected chi connectivity index (χ0v) is 24.8. The van der Waals surface area contributed by atoms with Crippen LogP contribution < -0.4 is 16.0 Å². The van der Waals surface area contributed by atoms with Gasteiger partial charge in [0, 0.05) is 68.8 Å². The maximum Gasteiger partial charge on any atom is 0.416 e. The Hall–Kier alpha value is -3.96. The van der Waals surface area contributed by atoms with Crippen LogP contribution in [-0.4, -0.2) is 73.8 Å². The third-order valence-electron chi connectivity index (χ3n) is 7.57. The van der Waals surface area contributed by atoms with Gasteiger partial charge in [0.2, 0.25) is 5.91 Å². The summed E-state index contributed by atoms with van der Waals surface area (Å²) in [6, 6.07) is 14.3. The van der Waals surface area contributed by atoms with E-state index in [2.05, 4.69) is 30.7 Å². The number of hydrogen-bond acceptors (Lipinski definition) is 7. The van der Waals surface area contributed by atoms with Gasteiger partial charge in [-0.15, -0.1) is 0 Å². The van der Waals surface area contributed by atoms with Crippen molar-refractivity contribution in [1.29, 1.82) is 0 Å². The molecule has 2 fully saturated rings. The van der Waals surface area contributed by atoms with Crippen LogP contribution in [0.25, 0.3) is 11.1 Å². The molecule has 1 amide bonds. The van der Waals surface area contributed by atoms with E-state index in [0.29, 0.717) is 30.2 Å². The van der Waals surface area contributed by atoms with E-state index in [4.69, 9.17) is 0 Å². The Morgan fingerprint density at radius 3 is 2.26 bits per heavy atom. The van der Waals surface area contributed by atoms with E-state index in [0.717, 1.165) is 67.7 Å². The van der Waals surface area contributed by atoms with Crippen LogP contribution in [0.2, 0.25) is 0 Å². The summed E-state index contributed by atoms with van der Waals surface area (Å²) in [5, 5.41) is 8.65. The lowest BCUT2D eigenvalue weighted by Crippen LogP contribution is -2.44. The summed E-state index contributed by atoms with van der Waals surface area (Å²) in [6.45, 7) is 6.01. The molecule has 1 aromatic heterocycles. The molecule has 1 aliphatic heterocycles. The number of rotatable bonds is 9. The van der Waals surface area contributed by atoms with Crippen LogP contribution in [-0.2, 0) is 22.3 Å². The van der Waals surface area contributed by atoms with Crippen molar-refractivity contribution in [2.24, 2.45) is 5.92 Å². The Morgan fingerprint density at radius 2 is 1.67 bits per heavy atom. The molecule has 5 rings (SSSR count). The lowest BCUT2D eigenvalue weighted by atomic mass is 10.0. The van der Waals surface area contributed by atoms with Gasteiger partial charge >= 0.3 is 6.18 Å². The fourth-order valence-corrected chi connectivity index (χ4v) is 4.75. The maximum absolute atomic E-state index is 13.1. The average Bonchev–Trinajstić information content (AvgIpc) is 3.85. The standard InChI is InChI=1S/C18H19N3O2.C14H20F3N3/c1-12-10-15(11-20-17(12)21-18(23)14-2-3-14)13-4-6-16(7-5-13)19-8-9-22;1-18-12-4-3-11(13(9-12)14(15,16)17)10-20-7-5-19(2)6-8-20/h4-7,9-11,14,19H,2-3,8H2,1H3,(H,20,21,23);3-4,9,18H,5-8,10H2,1-2H3. The van der Waals surface area contributed by atoms with Gasteiger partial charge in [0.1, 0.15) is 12.1 Å². The topological polar surface area (TPSA) is 89.6 Å². The summed E-state index contributed by atoms with van der Waals surface area (Å²) in [6.07, 6.45) is 0.245. The van der Waals surface area contributed by atoms with Gasteiger partial charge in [-0.3, -0.25) is 9.69 Å². The second-order valence-corrected chi connectivity index (χ2v) is 11.0. The summed E-state index contributed by atoms with van der Waals surface area (Å²) < 4.78 is 39.4. The third-order valence-corrected chi connectivity index (χ3v) is 7.57. The molecule has 0 atom stereocenters. The van der Waals surface area contributed by atoms with Crippen LogP contribution in [0.3, 0.4) is 0 Å². The zero-order chi connectivity index (χ0) is 31.0. The molecule has 230 valence electrons. The van der Waals surface area contributed by atoms with Crippen molar-refractivity contribution in [3.05, 3.63) is 71.4 Å². The van der Waals surface area contributed by atoms with Crippen LogP contribution in [0.4, 0.5) is 30.4 Å². The van der Waals surface area contributed by atoms with Gasteiger partial charge in [-0.2, -0.15) is 13.2 Å². The second-order valence-electron chi connectivity index (χ2n) is 11.0. The normalized spacial score (nSPS) is 15.7. The summed E-state index contributed by atoms with van der Waals surface area (Å²) in [5.74, 6) is 0.871. The first-order valence-electron chi connectivity index (χ1n) is 14.4. The first-order valence-corrected chi connectivity index (χ1v) is 14.4. The monoisotopic (exact) mass is 596 g/mol. The molecule has 8 nitrogen and oxygen atoms in total. The number of nitrogens with one attached hydrogen (secondary N) is 3. The number of pyridine rings is 1. The van der Waals surface area contributed by atoms with Crippen LogP contribution in [0.5, 0.6) is 0 Å². The van der Waals surface area contributed by atoms with Crippen LogP contribution in [0, 0.1) is 12.8 Å². The van der Waals surface area contributed by atoms with Crippen molar-refractivity contribution in [3.63, 3.8) is 0 Å². The van der Waals surface area contributed by atoms with E-state index < -0.39 is 11.7 Å². The van der Waals surface area contributed by atoms with Gasteiger partial charge in [0.25, 0.3) is 0 Å². The number of aryl methyl sites for hydroxylation is 1. The summed E-state index contributed by atoms with van der Waals surface area (Å²) in [7, 11) is 3.65. The number of carbonyl (C=O) groups is 2. The van der Waals surface area contributed by atoms with E-state index in [-0.39, 0.29) is 11.8 Å². The molecule has 2 heterocycles. The number of carbonyl (C=O) groups excluding carboxylic acids is 2. The number of anilines is 3. The molecular formula is C32H39F3N6O2. The number of halogens is 3. The molecule has 11 heteroatoms. The number of nitrogens with zero attached hydrogens (tertiary/aromatic N) is 3. The molecule has 0 spiro atoms. The van der Waals surface area contributed by atoms with Crippen molar-refractivity contribution >= 4 is 29.4 Å². The van der Waals surface area contributed by atoms with Crippen molar-refractivity contribution in [2.45, 2.75) is 32.5 Å². The lowest BCUT2D eigenvalue weighted by Gasteiger charge is -2.33. The second kappa shape index (κ2) is 14.5. The first kappa shape index (κ1) is 32.0. The molecule has 1 saturated heterocycles. The van der Waals surface area contributed by atoms with E-state index in [1.54, 1.807) is 25.4 Å². The summed E-state index contributed by atoms with van der Waals surface area (Å²) in [5.41, 5.74) is 4.17. The van der Waals surface area contributed by atoms with E-state index in [9.17, 15) is 22.8 Å². The zero-order valence-electron chi connectivity index (χ0n) is 24.8. The number of benzene rings is 2. The minimum Gasteiger partial charge on any atom is -0.388 e. The number of aldehydes is 1. The highest BCUT2D eigenvalue weighted by molar-refractivity contribution is 5.94. The van der Waals surface area contributed by atoms with Gasteiger partial charge in [-0.05, 0) is 73.8 Å². The van der Waals surface area contributed by atoms with E-state index in [1.165, 1.54) is 6.07 Å². The largest absolute Gasteiger partial charge is 0.416 e. The fraction of sp³-hybridized carbons (Fsp3) is 0.406. The van der Waals surface area contributed by atoms with Crippen molar-refractivity contribution in [1.82, 2.24) is 14.8 Å². The number of amides is 1. The van der Waals surface area contributed by atoms with E-state index in [1.807, 2.05) is 44.3 Å². The molecule has 1 saturated carbocycles. The predicted molar refractivity (Wildman–Crippen MR) is 164 cm³/mol. The van der Waals surface area contributed by atoms with Crippen molar-refractivity contribution < 1.29 is 22.8 Å². The molecule has 43 heavy (non-hydrogen) atoms. The van der Waals surface area contributed by atoms with E-state index >= 15 is 0 Å². The van der Waals surface area contributed by atoms with Gasteiger partial charge < -0.3 is 25.6 Å². The third kappa shape index (κ3) is 9.26. The Bertz CT molecular complexity index is 1380. The van der Waals surface area contributed by atoms with Crippen LogP contribution in [0.15, 0.2) is 54.7 Å². The number of aromatic nitrogens is 1. The van der Waals surface area contributed by atoms with Crippen LogP contribution >= 0.6 is 0 Å². The molecule has 0 unspecified atom stereocenters. The number of piperazine rings is 1. The lowest BCUT2D eigenvalue weighted by molar-refractivity contribution is -0.138. The van der Waals surface area contributed by atoms with Gasteiger partial charge in [0.05, 0.1) is 12.1 Å². The molecule has 2 aliphatic rings. The summed E-state index contributed by atoms with van der Waals surface area (Å²) in [4.78, 5) is 30.8. The maximum atomic E-state index is 13.1. The van der Waals surface area contributed by atoms with Gasteiger partial charge in [0.15, 0.2) is 0 Å². The quantitative estimate of drug-likeness (QED) is 0.281.